The lowest BCUT2D eigenvalue weighted by molar-refractivity contribution is -0.115. The van der Waals surface area contributed by atoms with Crippen molar-refractivity contribution in [2.24, 2.45) is 0 Å². The van der Waals surface area contributed by atoms with Crippen LogP contribution in [0, 0.1) is 13.8 Å². The molecule has 22 heavy (non-hydrogen) atoms. The Bertz CT molecular complexity index is 624. The number of nitrogens with one attached hydrogen (secondary N) is 3. The van der Waals surface area contributed by atoms with Gasteiger partial charge in [0, 0.05) is 11.4 Å². The number of benzene rings is 2. The summed E-state index contributed by atoms with van der Waals surface area (Å²) in [5.74, 6) is -0.273. The SMILES string of the molecule is Cc1cccc(NC(=O)CNC(=O)Nc2cccc(C)c2)c1. The highest BCUT2D eigenvalue weighted by molar-refractivity contribution is 5.96. The number of hydrogen-bond acceptors (Lipinski definition) is 2. The van der Waals surface area contributed by atoms with Crippen LogP contribution < -0.4 is 16.0 Å². The number of aryl methyl sites for hydroxylation is 2. The molecule has 0 radical (unpaired) electrons. The van der Waals surface area contributed by atoms with Crippen LogP contribution in [0.5, 0.6) is 0 Å². The molecule has 0 unspecified atom stereocenters. The Balaban J connectivity index is 1.79. The standard InChI is InChI=1S/C17H19N3O2/c1-12-5-3-7-14(9-12)19-16(21)11-18-17(22)20-15-8-4-6-13(2)10-15/h3-10H,11H2,1-2H3,(H,19,21)(H2,18,20,22). The summed E-state index contributed by atoms with van der Waals surface area (Å²) in [6.45, 7) is 3.80. The van der Waals surface area contributed by atoms with Crippen LogP contribution in [0.15, 0.2) is 48.5 Å². The van der Waals surface area contributed by atoms with E-state index in [1.165, 1.54) is 0 Å². The molecule has 2 rings (SSSR count). The minimum atomic E-state index is -0.412. The summed E-state index contributed by atoms with van der Waals surface area (Å²) in [6.07, 6.45) is 0. The Hall–Kier alpha value is -2.82. The van der Waals surface area contributed by atoms with Crippen molar-refractivity contribution >= 4 is 23.3 Å². The zero-order valence-corrected chi connectivity index (χ0v) is 12.6. The normalized spacial score (nSPS) is 9.91. The number of anilines is 2. The van der Waals surface area contributed by atoms with Crippen molar-refractivity contribution in [1.82, 2.24) is 5.32 Å². The topological polar surface area (TPSA) is 70.2 Å². The molecule has 0 aliphatic heterocycles. The molecule has 3 amide bonds. The summed E-state index contributed by atoms with van der Waals surface area (Å²) in [5.41, 5.74) is 3.51. The summed E-state index contributed by atoms with van der Waals surface area (Å²) in [6, 6.07) is 14.5. The fourth-order valence-electron chi connectivity index (χ4n) is 1.99. The largest absolute Gasteiger partial charge is 0.329 e. The van der Waals surface area contributed by atoms with Gasteiger partial charge >= 0.3 is 6.03 Å². The van der Waals surface area contributed by atoms with Crippen LogP contribution >= 0.6 is 0 Å². The van der Waals surface area contributed by atoms with Gasteiger partial charge in [-0.3, -0.25) is 4.79 Å². The molecule has 0 aliphatic rings. The molecule has 5 heteroatoms. The number of rotatable bonds is 4. The summed E-state index contributed by atoms with van der Waals surface area (Å²) < 4.78 is 0. The van der Waals surface area contributed by atoms with Crippen LogP contribution in [0.25, 0.3) is 0 Å². The van der Waals surface area contributed by atoms with Crippen molar-refractivity contribution in [3.05, 3.63) is 59.7 Å². The maximum atomic E-state index is 11.8. The van der Waals surface area contributed by atoms with Gasteiger partial charge in [0.05, 0.1) is 6.54 Å². The predicted octanol–water partition coefficient (Wildman–Crippen LogP) is 3.06. The van der Waals surface area contributed by atoms with Gasteiger partial charge < -0.3 is 16.0 Å². The van der Waals surface area contributed by atoms with E-state index in [1.807, 2.05) is 50.2 Å². The van der Waals surface area contributed by atoms with Crippen molar-refractivity contribution in [2.45, 2.75) is 13.8 Å². The van der Waals surface area contributed by atoms with Gasteiger partial charge in [-0.25, -0.2) is 4.79 Å². The monoisotopic (exact) mass is 297 g/mol. The second kappa shape index (κ2) is 7.26. The highest BCUT2D eigenvalue weighted by atomic mass is 16.2. The molecule has 0 saturated heterocycles. The van der Waals surface area contributed by atoms with Crippen molar-refractivity contribution in [3.63, 3.8) is 0 Å². The lowest BCUT2D eigenvalue weighted by Crippen LogP contribution is -2.35. The van der Waals surface area contributed by atoms with Crippen LogP contribution in [-0.4, -0.2) is 18.5 Å². The van der Waals surface area contributed by atoms with Crippen molar-refractivity contribution in [1.29, 1.82) is 0 Å². The van der Waals surface area contributed by atoms with E-state index in [0.717, 1.165) is 11.1 Å². The molecule has 0 aliphatic carbocycles. The molecule has 0 bridgehead atoms. The molecule has 114 valence electrons. The van der Waals surface area contributed by atoms with E-state index in [0.29, 0.717) is 11.4 Å². The third kappa shape index (κ3) is 4.94. The summed E-state index contributed by atoms with van der Waals surface area (Å²) in [4.78, 5) is 23.5. The molecule has 0 heterocycles. The zero-order chi connectivity index (χ0) is 15.9. The first-order valence-electron chi connectivity index (χ1n) is 7.01. The van der Waals surface area contributed by atoms with Gasteiger partial charge in [0.25, 0.3) is 0 Å². The number of carbonyl (C=O) groups excluding carboxylic acids is 2. The van der Waals surface area contributed by atoms with E-state index >= 15 is 0 Å². The van der Waals surface area contributed by atoms with Crippen LogP contribution in [0.1, 0.15) is 11.1 Å². The lowest BCUT2D eigenvalue weighted by atomic mass is 10.2. The van der Waals surface area contributed by atoms with E-state index in [2.05, 4.69) is 16.0 Å². The molecule has 0 aromatic heterocycles. The first-order valence-corrected chi connectivity index (χ1v) is 7.01. The van der Waals surface area contributed by atoms with Gasteiger partial charge in [0.15, 0.2) is 0 Å². The molecule has 2 aromatic rings. The van der Waals surface area contributed by atoms with Crippen molar-refractivity contribution < 1.29 is 9.59 Å². The van der Waals surface area contributed by atoms with Gasteiger partial charge in [-0.1, -0.05) is 24.3 Å². The predicted molar refractivity (Wildman–Crippen MR) is 88.0 cm³/mol. The second-order valence-electron chi connectivity index (χ2n) is 5.09. The summed E-state index contributed by atoms with van der Waals surface area (Å²) in [7, 11) is 0. The first-order chi connectivity index (χ1) is 10.5. The fraction of sp³-hybridized carbons (Fsp3) is 0.176. The van der Waals surface area contributed by atoms with Crippen LogP contribution in [-0.2, 0) is 4.79 Å². The molecule has 0 spiro atoms. The van der Waals surface area contributed by atoms with Crippen LogP contribution in [0.2, 0.25) is 0 Å². The molecule has 0 atom stereocenters. The van der Waals surface area contributed by atoms with Crippen molar-refractivity contribution in [3.8, 4) is 0 Å². The molecular formula is C17H19N3O2. The smallest absolute Gasteiger partial charge is 0.319 e. The molecule has 0 fully saturated rings. The molecule has 3 N–H and O–H groups in total. The molecule has 0 saturated carbocycles. The van der Waals surface area contributed by atoms with Gasteiger partial charge in [0.2, 0.25) is 5.91 Å². The van der Waals surface area contributed by atoms with Gasteiger partial charge in [-0.15, -0.1) is 0 Å². The third-order valence-electron chi connectivity index (χ3n) is 2.99. The average molecular weight is 297 g/mol. The van der Waals surface area contributed by atoms with Gasteiger partial charge in [0.1, 0.15) is 0 Å². The van der Waals surface area contributed by atoms with E-state index in [9.17, 15) is 9.59 Å². The van der Waals surface area contributed by atoms with Crippen LogP contribution in [0.4, 0.5) is 16.2 Å². The summed E-state index contributed by atoms with van der Waals surface area (Å²) in [5, 5.41) is 7.93. The summed E-state index contributed by atoms with van der Waals surface area (Å²) >= 11 is 0. The highest BCUT2D eigenvalue weighted by Gasteiger charge is 2.06. The van der Waals surface area contributed by atoms with E-state index < -0.39 is 6.03 Å². The van der Waals surface area contributed by atoms with Crippen LogP contribution in [0.3, 0.4) is 0 Å². The van der Waals surface area contributed by atoms with Crippen molar-refractivity contribution in [2.75, 3.05) is 17.2 Å². The maximum absolute atomic E-state index is 11.8. The third-order valence-corrected chi connectivity index (χ3v) is 2.99. The van der Waals surface area contributed by atoms with E-state index in [1.54, 1.807) is 12.1 Å². The average Bonchev–Trinajstić information content (AvgIpc) is 2.45. The lowest BCUT2D eigenvalue weighted by Gasteiger charge is -2.09. The minimum Gasteiger partial charge on any atom is -0.329 e. The van der Waals surface area contributed by atoms with E-state index in [-0.39, 0.29) is 12.5 Å². The molecule has 2 aromatic carbocycles. The fourth-order valence-corrected chi connectivity index (χ4v) is 1.99. The number of amides is 3. The Morgan fingerprint density at radius 1 is 0.864 bits per heavy atom. The second-order valence-corrected chi connectivity index (χ2v) is 5.09. The molecular weight excluding hydrogens is 278 g/mol. The Labute approximate surface area is 129 Å². The quantitative estimate of drug-likeness (QED) is 0.811. The number of carbonyl (C=O) groups is 2. The van der Waals surface area contributed by atoms with Gasteiger partial charge in [-0.05, 0) is 49.2 Å². The minimum absolute atomic E-state index is 0.0917. The Kier molecular flexibility index (Phi) is 5.14. The first kappa shape index (κ1) is 15.6. The number of urea groups is 1. The zero-order valence-electron chi connectivity index (χ0n) is 12.6. The van der Waals surface area contributed by atoms with E-state index in [4.69, 9.17) is 0 Å². The number of hydrogen-bond donors (Lipinski definition) is 3. The maximum Gasteiger partial charge on any atom is 0.319 e. The van der Waals surface area contributed by atoms with Gasteiger partial charge in [-0.2, -0.15) is 0 Å². The Morgan fingerprint density at radius 2 is 1.41 bits per heavy atom. The Morgan fingerprint density at radius 3 is 1.95 bits per heavy atom. The molecule has 5 nitrogen and oxygen atoms in total. The highest BCUT2D eigenvalue weighted by Crippen LogP contribution is 2.10.